The van der Waals surface area contributed by atoms with Crippen LogP contribution in [0.3, 0.4) is 0 Å². The van der Waals surface area contributed by atoms with E-state index in [0.717, 1.165) is 31.0 Å². The molecule has 0 aromatic heterocycles. The van der Waals surface area contributed by atoms with Gasteiger partial charge in [0.05, 0.1) is 24.9 Å². The van der Waals surface area contributed by atoms with Crippen molar-refractivity contribution in [2.75, 3.05) is 13.2 Å². The summed E-state index contributed by atoms with van der Waals surface area (Å²) in [5, 5.41) is 0. The van der Waals surface area contributed by atoms with Gasteiger partial charge in [-0.25, -0.2) is 0 Å². The molecule has 6 fully saturated rings. The summed E-state index contributed by atoms with van der Waals surface area (Å²) < 4.78 is 12.0. The lowest BCUT2D eigenvalue weighted by atomic mass is 9.38. The van der Waals surface area contributed by atoms with Gasteiger partial charge in [0.15, 0.2) is 0 Å². The van der Waals surface area contributed by atoms with Crippen molar-refractivity contribution in [1.82, 2.24) is 0 Å². The molecule has 2 nitrogen and oxygen atoms in total. The van der Waals surface area contributed by atoms with Crippen LogP contribution in [0.2, 0.25) is 0 Å². The van der Waals surface area contributed by atoms with Crippen LogP contribution in [-0.2, 0) is 9.47 Å². The molecule has 2 heteroatoms. The molecule has 2 aliphatic heterocycles. The van der Waals surface area contributed by atoms with Crippen LogP contribution in [0.4, 0.5) is 0 Å². The minimum absolute atomic E-state index is 0.356. The molecule has 0 aromatic rings. The van der Waals surface area contributed by atoms with Gasteiger partial charge < -0.3 is 9.47 Å². The molecule has 0 radical (unpaired) electrons. The minimum Gasteiger partial charge on any atom is -0.377 e. The second-order valence-electron chi connectivity index (χ2n) is 10.2. The van der Waals surface area contributed by atoms with Crippen molar-refractivity contribution in [2.24, 2.45) is 34.0 Å². The summed E-state index contributed by atoms with van der Waals surface area (Å²) in [7, 11) is 0. The van der Waals surface area contributed by atoms with Crippen molar-refractivity contribution in [3.8, 4) is 0 Å². The van der Waals surface area contributed by atoms with Crippen LogP contribution in [0.1, 0.15) is 65.2 Å². The Morgan fingerprint density at radius 1 is 0.909 bits per heavy atom. The third kappa shape index (κ3) is 1.21. The zero-order valence-electron chi connectivity index (χ0n) is 14.2. The van der Waals surface area contributed by atoms with E-state index in [9.17, 15) is 0 Å². The Kier molecular flexibility index (Phi) is 2.18. The van der Waals surface area contributed by atoms with Crippen LogP contribution in [0.25, 0.3) is 0 Å². The van der Waals surface area contributed by atoms with Crippen molar-refractivity contribution in [3.05, 3.63) is 0 Å². The fraction of sp³-hybridized carbons (Fsp3) is 1.00. The van der Waals surface area contributed by atoms with Crippen LogP contribution in [0.5, 0.6) is 0 Å². The molecule has 122 valence electrons. The van der Waals surface area contributed by atoms with Gasteiger partial charge in [0.2, 0.25) is 0 Å². The second kappa shape index (κ2) is 3.61. The van der Waals surface area contributed by atoms with Gasteiger partial charge in [-0.15, -0.1) is 0 Å². The Bertz CT molecular complexity index is 540. The zero-order valence-corrected chi connectivity index (χ0v) is 14.2. The number of hydrogen-bond acceptors (Lipinski definition) is 2. The molecule has 4 saturated carbocycles. The average molecular weight is 302 g/mol. The summed E-state index contributed by atoms with van der Waals surface area (Å²) >= 11 is 0. The van der Waals surface area contributed by atoms with E-state index in [1.54, 1.807) is 0 Å². The molecule has 2 saturated heterocycles. The third-order valence-electron chi connectivity index (χ3n) is 9.98. The van der Waals surface area contributed by atoms with E-state index in [-0.39, 0.29) is 0 Å². The first-order valence-corrected chi connectivity index (χ1v) is 9.78. The predicted molar refractivity (Wildman–Crippen MR) is 84.5 cm³/mol. The van der Waals surface area contributed by atoms with Crippen molar-refractivity contribution in [1.29, 1.82) is 0 Å². The number of ether oxygens (including phenoxy) is 2. The van der Waals surface area contributed by atoms with Crippen LogP contribution in [-0.4, -0.2) is 24.9 Å². The summed E-state index contributed by atoms with van der Waals surface area (Å²) in [5.41, 5.74) is 2.09. The molecule has 0 aromatic carbocycles. The van der Waals surface area contributed by atoms with Gasteiger partial charge in [0.1, 0.15) is 0 Å². The van der Waals surface area contributed by atoms with Gasteiger partial charge in [-0.1, -0.05) is 13.8 Å². The standard InChI is InChI=1S/C20H30O2/c1-17-11-21-16(17)5-6-18(2)15(17)4-3-13-9-14-10-19(13,18)7-8-20(14)12-22-20/h13-16H,3-12H2,1-2H3/t13-,14+,15-,16+,17-,18-,19-,20-/m0/s1. The number of hydrogen-bond donors (Lipinski definition) is 0. The van der Waals surface area contributed by atoms with Crippen LogP contribution in [0, 0.1) is 34.0 Å². The van der Waals surface area contributed by atoms with E-state index < -0.39 is 0 Å². The average Bonchev–Trinajstić information content (AvgIpc) is 3.19. The molecule has 0 amide bonds. The Hall–Kier alpha value is -0.0800. The second-order valence-corrected chi connectivity index (χ2v) is 10.2. The van der Waals surface area contributed by atoms with Gasteiger partial charge in [-0.2, -0.15) is 0 Å². The van der Waals surface area contributed by atoms with Crippen LogP contribution in [0.15, 0.2) is 0 Å². The summed E-state index contributed by atoms with van der Waals surface area (Å²) in [5.74, 6) is 2.81. The third-order valence-corrected chi connectivity index (χ3v) is 9.98. The van der Waals surface area contributed by atoms with Gasteiger partial charge in [-0.3, -0.25) is 0 Å². The first-order valence-electron chi connectivity index (χ1n) is 9.78. The maximum absolute atomic E-state index is 5.99. The summed E-state index contributed by atoms with van der Waals surface area (Å²) in [6.45, 7) is 7.38. The first-order chi connectivity index (χ1) is 10.5. The predicted octanol–water partition coefficient (Wildman–Crippen LogP) is 4.18. The van der Waals surface area contributed by atoms with E-state index in [0.29, 0.717) is 27.9 Å². The normalized spacial score (nSPS) is 67.9. The van der Waals surface area contributed by atoms with Crippen molar-refractivity contribution >= 4 is 0 Å². The molecule has 6 aliphatic rings. The van der Waals surface area contributed by atoms with E-state index in [1.807, 2.05) is 0 Å². The van der Waals surface area contributed by atoms with Crippen molar-refractivity contribution in [3.63, 3.8) is 0 Å². The largest absolute Gasteiger partial charge is 0.377 e. The SMILES string of the molecule is C[C@@]12CO[C@@H]1CC[C@@]1(C)[C@H]2CC[C@H]2C[C@@H]3C[C@@]21CC[C@]31CO1. The summed E-state index contributed by atoms with van der Waals surface area (Å²) in [6, 6.07) is 0. The molecule has 4 aliphatic carbocycles. The highest BCUT2D eigenvalue weighted by Crippen LogP contribution is 2.77. The summed E-state index contributed by atoms with van der Waals surface area (Å²) in [4.78, 5) is 0. The van der Waals surface area contributed by atoms with Crippen molar-refractivity contribution < 1.29 is 9.47 Å². The van der Waals surface area contributed by atoms with E-state index in [2.05, 4.69) is 13.8 Å². The van der Waals surface area contributed by atoms with Crippen LogP contribution < -0.4 is 0 Å². The first kappa shape index (κ1) is 13.2. The number of epoxide rings is 1. The quantitative estimate of drug-likeness (QED) is 0.626. The molecule has 22 heavy (non-hydrogen) atoms. The van der Waals surface area contributed by atoms with Gasteiger partial charge in [0, 0.05) is 5.41 Å². The zero-order chi connectivity index (χ0) is 14.8. The molecule has 2 spiro atoms. The lowest BCUT2D eigenvalue weighted by Crippen LogP contribution is -2.67. The van der Waals surface area contributed by atoms with Gasteiger partial charge in [-0.05, 0) is 80.0 Å². The summed E-state index contributed by atoms with van der Waals surface area (Å²) in [6.07, 6.45) is 12.1. The Labute approximate surface area is 134 Å². The minimum atomic E-state index is 0.356. The Balaban J connectivity index is 1.44. The fourth-order valence-corrected chi connectivity index (χ4v) is 8.60. The topological polar surface area (TPSA) is 21.8 Å². The maximum Gasteiger partial charge on any atom is 0.0945 e. The molecule has 8 atom stereocenters. The number of fused-ring (bicyclic) bond motifs is 5. The molecule has 0 unspecified atom stereocenters. The number of rotatable bonds is 0. The molecular formula is C20H30O2. The highest BCUT2D eigenvalue weighted by molar-refractivity contribution is 5.22. The molecule has 6 rings (SSSR count). The van der Waals surface area contributed by atoms with E-state index >= 15 is 0 Å². The van der Waals surface area contributed by atoms with E-state index in [4.69, 9.17) is 9.47 Å². The smallest absolute Gasteiger partial charge is 0.0945 e. The molecule has 0 N–H and O–H groups in total. The molecule has 2 heterocycles. The Morgan fingerprint density at radius 2 is 1.77 bits per heavy atom. The van der Waals surface area contributed by atoms with Crippen LogP contribution >= 0.6 is 0 Å². The van der Waals surface area contributed by atoms with Gasteiger partial charge >= 0.3 is 0 Å². The van der Waals surface area contributed by atoms with Crippen molar-refractivity contribution in [2.45, 2.75) is 76.9 Å². The van der Waals surface area contributed by atoms with Gasteiger partial charge in [0.25, 0.3) is 0 Å². The Morgan fingerprint density at radius 3 is 2.50 bits per heavy atom. The lowest BCUT2D eigenvalue weighted by Gasteiger charge is -2.69. The highest BCUT2D eigenvalue weighted by atomic mass is 16.6. The lowest BCUT2D eigenvalue weighted by molar-refractivity contribution is -0.287. The maximum atomic E-state index is 5.99. The molecule has 2 bridgehead atoms. The molecular weight excluding hydrogens is 272 g/mol. The van der Waals surface area contributed by atoms with E-state index in [1.165, 1.54) is 51.4 Å². The monoisotopic (exact) mass is 302 g/mol. The fourth-order valence-electron chi connectivity index (χ4n) is 8.60. The highest BCUT2D eigenvalue weighted by Gasteiger charge is 2.73.